The second-order valence-electron chi connectivity index (χ2n) is 6.27. The zero-order valence-corrected chi connectivity index (χ0v) is 15.8. The van der Waals surface area contributed by atoms with Crippen LogP contribution in [0.5, 0.6) is 0 Å². The molecule has 3 aromatic rings. The number of piperidine rings is 1. The SMILES string of the molecule is [O-][S+](Cc1ncc(C(F)(F)F)c(N2CCCCC2)n1)c1nc2cscc2[nH]1. The number of nitrogens with one attached hydrogen (secondary N) is 1. The minimum Gasteiger partial charge on any atom is -0.609 e. The fourth-order valence-electron chi connectivity index (χ4n) is 3.04. The molecule has 0 bridgehead atoms. The van der Waals surface area contributed by atoms with Crippen LogP contribution in [0.15, 0.2) is 22.1 Å². The molecule has 1 aliphatic rings. The summed E-state index contributed by atoms with van der Waals surface area (Å²) in [6, 6.07) is 0. The van der Waals surface area contributed by atoms with Gasteiger partial charge in [0.15, 0.2) is 11.6 Å². The maximum Gasteiger partial charge on any atom is 0.421 e. The molecule has 0 amide bonds. The number of hydrogen-bond acceptors (Lipinski definition) is 6. The Morgan fingerprint density at radius 3 is 2.67 bits per heavy atom. The fraction of sp³-hybridized carbons (Fsp3) is 0.438. The Bertz CT molecular complexity index is 907. The largest absolute Gasteiger partial charge is 0.609 e. The number of H-pyrrole nitrogens is 1. The predicted molar refractivity (Wildman–Crippen MR) is 97.2 cm³/mol. The topological polar surface area (TPSA) is 80.8 Å². The van der Waals surface area contributed by atoms with Crippen molar-refractivity contribution in [2.75, 3.05) is 18.0 Å². The van der Waals surface area contributed by atoms with E-state index in [0.29, 0.717) is 18.6 Å². The Kier molecular flexibility index (Phi) is 4.99. The Balaban J connectivity index is 1.61. The molecule has 4 heterocycles. The molecule has 3 aromatic heterocycles. The van der Waals surface area contributed by atoms with Gasteiger partial charge in [0.05, 0.1) is 5.52 Å². The number of halogens is 3. The van der Waals surface area contributed by atoms with Crippen LogP contribution in [0.4, 0.5) is 19.0 Å². The molecule has 0 aliphatic carbocycles. The lowest BCUT2D eigenvalue weighted by Crippen LogP contribution is -2.32. The van der Waals surface area contributed by atoms with Crippen LogP contribution in [0.3, 0.4) is 0 Å². The normalized spacial score (nSPS) is 16.8. The van der Waals surface area contributed by atoms with Gasteiger partial charge in [-0.3, -0.25) is 4.98 Å². The summed E-state index contributed by atoms with van der Waals surface area (Å²) in [5, 5.41) is 3.96. The zero-order chi connectivity index (χ0) is 19.0. The molecule has 1 saturated heterocycles. The van der Waals surface area contributed by atoms with Crippen LogP contribution in [0.25, 0.3) is 11.0 Å². The molecule has 1 fully saturated rings. The van der Waals surface area contributed by atoms with E-state index in [0.717, 1.165) is 31.0 Å². The average Bonchev–Trinajstić information content (AvgIpc) is 3.23. The molecule has 1 atom stereocenters. The van der Waals surface area contributed by atoms with Crippen LogP contribution in [-0.4, -0.2) is 37.6 Å². The molecule has 1 unspecified atom stereocenters. The Morgan fingerprint density at radius 1 is 1.19 bits per heavy atom. The van der Waals surface area contributed by atoms with Crippen molar-refractivity contribution in [3.8, 4) is 0 Å². The standard InChI is InChI=1S/C16H16F3N5OS2/c17-16(18,19)10-6-20-13(23-14(10)24-4-2-1-3-5-24)9-27(25)15-21-11-7-26-8-12(11)22-15/h6-8H,1-5,9H2,(H,21,22). The lowest BCUT2D eigenvalue weighted by molar-refractivity contribution is -0.137. The van der Waals surface area contributed by atoms with Crippen LogP contribution in [0.2, 0.25) is 0 Å². The molecule has 0 saturated carbocycles. The molecule has 0 spiro atoms. The summed E-state index contributed by atoms with van der Waals surface area (Å²) in [4.78, 5) is 16.8. The first kappa shape index (κ1) is 18.5. The van der Waals surface area contributed by atoms with Crippen molar-refractivity contribution in [3.63, 3.8) is 0 Å². The summed E-state index contributed by atoms with van der Waals surface area (Å²) in [7, 11) is 0. The van der Waals surface area contributed by atoms with Gasteiger partial charge in [-0.1, -0.05) is 0 Å². The number of aromatic amines is 1. The molecule has 27 heavy (non-hydrogen) atoms. The van der Waals surface area contributed by atoms with E-state index in [1.165, 1.54) is 11.3 Å². The summed E-state index contributed by atoms with van der Waals surface area (Å²) in [6.45, 7) is 1.05. The van der Waals surface area contributed by atoms with Gasteiger partial charge in [0.25, 0.3) is 0 Å². The molecule has 0 aromatic carbocycles. The number of fused-ring (bicyclic) bond motifs is 1. The highest BCUT2D eigenvalue weighted by Crippen LogP contribution is 2.36. The Labute approximate surface area is 160 Å². The van der Waals surface area contributed by atoms with E-state index in [9.17, 15) is 17.7 Å². The van der Waals surface area contributed by atoms with E-state index in [4.69, 9.17) is 0 Å². The number of rotatable bonds is 4. The van der Waals surface area contributed by atoms with Crippen LogP contribution in [0, 0.1) is 0 Å². The molecule has 6 nitrogen and oxygen atoms in total. The van der Waals surface area contributed by atoms with Gasteiger partial charge in [-0.2, -0.15) is 18.2 Å². The minimum absolute atomic E-state index is 0.0987. The second-order valence-corrected chi connectivity index (χ2v) is 8.38. The molecular formula is C16H16F3N5OS2. The van der Waals surface area contributed by atoms with Crippen molar-refractivity contribution in [2.24, 2.45) is 0 Å². The van der Waals surface area contributed by atoms with Gasteiger partial charge in [0, 0.05) is 41.2 Å². The number of alkyl halides is 3. The summed E-state index contributed by atoms with van der Waals surface area (Å²) >= 11 is -0.0971. The zero-order valence-electron chi connectivity index (χ0n) is 14.1. The first-order chi connectivity index (χ1) is 12.9. The third kappa shape index (κ3) is 3.90. The van der Waals surface area contributed by atoms with E-state index >= 15 is 0 Å². The van der Waals surface area contributed by atoms with E-state index in [1.807, 2.05) is 10.8 Å². The van der Waals surface area contributed by atoms with Gasteiger partial charge in [-0.15, -0.1) is 11.3 Å². The van der Waals surface area contributed by atoms with Gasteiger partial charge in [-0.05, 0) is 19.3 Å². The Hall–Kier alpha value is -1.85. The van der Waals surface area contributed by atoms with Crippen molar-refractivity contribution in [2.45, 2.75) is 36.3 Å². The van der Waals surface area contributed by atoms with Crippen LogP contribution in [-0.2, 0) is 23.1 Å². The number of aromatic nitrogens is 4. The van der Waals surface area contributed by atoms with Crippen molar-refractivity contribution in [1.29, 1.82) is 0 Å². The van der Waals surface area contributed by atoms with Crippen molar-refractivity contribution in [3.05, 3.63) is 28.3 Å². The molecule has 11 heteroatoms. The molecular weight excluding hydrogens is 399 g/mol. The lowest BCUT2D eigenvalue weighted by atomic mass is 10.1. The van der Waals surface area contributed by atoms with E-state index in [-0.39, 0.29) is 22.6 Å². The smallest absolute Gasteiger partial charge is 0.421 e. The fourth-order valence-corrected chi connectivity index (χ4v) is 4.67. The van der Waals surface area contributed by atoms with Crippen molar-refractivity contribution >= 4 is 39.4 Å². The average molecular weight is 415 g/mol. The van der Waals surface area contributed by atoms with Crippen molar-refractivity contribution in [1.82, 2.24) is 19.9 Å². The number of thiophene rings is 1. The van der Waals surface area contributed by atoms with E-state index in [1.54, 1.807) is 4.90 Å². The van der Waals surface area contributed by atoms with E-state index in [2.05, 4.69) is 19.9 Å². The predicted octanol–water partition coefficient (Wildman–Crippen LogP) is 3.73. The first-order valence-electron chi connectivity index (χ1n) is 8.40. The highest BCUT2D eigenvalue weighted by Gasteiger charge is 2.37. The summed E-state index contributed by atoms with van der Waals surface area (Å²) in [5.74, 6) is -0.108. The van der Waals surface area contributed by atoms with Gasteiger partial charge in [0.1, 0.15) is 16.9 Å². The number of hydrogen-bond donors (Lipinski definition) is 1. The third-order valence-electron chi connectivity index (χ3n) is 4.36. The second kappa shape index (κ2) is 7.28. The highest BCUT2D eigenvalue weighted by molar-refractivity contribution is 7.90. The first-order valence-corrected chi connectivity index (χ1v) is 10.7. The Morgan fingerprint density at radius 2 is 1.96 bits per heavy atom. The number of nitrogens with zero attached hydrogens (tertiary/aromatic N) is 4. The molecule has 1 aliphatic heterocycles. The van der Waals surface area contributed by atoms with E-state index < -0.39 is 22.9 Å². The lowest BCUT2D eigenvalue weighted by Gasteiger charge is -2.29. The summed E-state index contributed by atoms with van der Waals surface area (Å²) in [5.41, 5.74) is 0.647. The highest BCUT2D eigenvalue weighted by atomic mass is 32.2. The minimum atomic E-state index is -4.53. The van der Waals surface area contributed by atoms with Crippen LogP contribution in [0.1, 0.15) is 30.7 Å². The number of anilines is 1. The van der Waals surface area contributed by atoms with Gasteiger partial charge in [-0.25, -0.2) is 9.97 Å². The summed E-state index contributed by atoms with van der Waals surface area (Å²) in [6.07, 6.45) is -1.09. The molecule has 0 radical (unpaired) electrons. The van der Waals surface area contributed by atoms with Gasteiger partial charge >= 0.3 is 11.3 Å². The maximum absolute atomic E-state index is 13.4. The molecule has 4 rings (SSSR count). The van der Waals surface area contributed by atoms with Gasteiger partial charge < -0.3 is 9.45 Å². The maximum atomic E-state index is 13.4. The molecule has 144 valence electrons. The molecule has 1 N–H and O–H groups in total. The third-order valence-corrected chi connectivity index (χ3v) is 6.24. The monoisotopic (exact) mass is 415 g/mol. The number of imidazole rings is 1. The quantitative estimate of drug-likeness (QED) is 0.657. The van der Waals surface area contributed by atoms with Crippen LogP contribution < -0.4 is 4.90 Å². The van der Waals surface area contributed by atoms with Crippen LogP contribution >= 0.6 is 11.3 Å². The van der Waals surface area contributed by atoms with Gasteiger partial charge in [0.2, 0.25) is 0 Å². The van der Waals surface area contributed by atoms with Crippen molar-refractivity contribution < 1.29 is 17.7 Å². The summed E-state index contributed by atoms with van der Waals surface area (Å²) < 4.78 is 52.6.